The van der Waals surface area contributed by atoms with Crippen molar-refractivity contribution in [1.82, 2.24) is 4.98 Å². The molecule has 0 aliphatic heterocycles. The number of aromatic nitrogens is 1. The number of amides is 1. The van der Waals surface area contributed by atoms with Crippen LogP contribution >= 0.6 is 0 Å². The molecular weight excluding hydrogens is 252 g/mol. The number of hydrogen-bond acceptors (Lipinski definition) is 3. The first-order chi connectivity index (χ1) is 9.68. The van der Waals surface area contributed by atoms with Crippen molar-refractivity contribution < 1.29 is 9.90 Å². The Balaban J connectivity index is 2.37. The minimum Gasteiger partial charge on any atom is -0.506 e. The summed E-state index contributed by atoms with van der Waals surface area (Å²) >= 11 is 0. The van der Waals surface area contributed by atoms with E-state index in [1.807, 2.05) is 18.2 Å². The number of primary amides is 1. The standard InChI is InChI=1S/C16H12N2O2/c17-16(20)13-5-2-1-4-10(13)11-7-8-14(19)15-12(11)6-3-9-18-15/h1-9,19H,(H2,17,20). The van der Waals surface area contributed by atoms with Gasteiger partial charge in [-0.05, 0) is 35.4 Å². The molecule has 0 aliphatic rings. The summed E-state index contributed by atoms with van der Waals surface area (Å²) in [6.07, 6.45) is 1.62. The third-order valence-corrected chi connectivity index (χ3v) is 3.23. The van der Waals surface area contributed by atoms with Crippen LogP contribution in [0.3, 0.4) is 0 Å². The average molecular weight is 264 g/mol. The van der Waals surface area contributed by atoms with Crippen molar-refractivity contribution in [1.29, 1.82) is 0 Å². The van der Waals surface area contributed by atoms with E-state index in [0.717, 1.165) is 16.5 Å². The van der Waals surface area contributed by atoms with Crippen LogP contribution in [0.25, 0.3) is 22.0 Å². The first kappa shape index (κ1) is 12.2. The molecule has 0 radical (unpaired) electrons. The molecule has 0 saturated carbocycles. The average Bonchev–Trinajstić information content (AvgIpc) is 2.48. The highest BCUT2D eigenvalue weighted by Crippen LogP contribution is 2.33. The Hall–Kier alpha value is -2.88. The summed E-state index contributed by atoms with van der Waals surface area (Å²) in [6, 6.07) is 14.1. The first-order valence-electron chi connectivity index (χ1n) is 6.14. The molecule has 0 fully saturated rings. The molecule has 2 aromatic carbocycles. The molecule has 0 spiro atoms. The summed E-state index contributed by atoms with van der Waals surface area (Å²) in [4.78, 5) is 15.7. The number of carbonyl (C=O) groups is 1. The van der Waals surface area contributed by atoms with Gasteiger partial charge in [0.2, 0.25) is 5.91 Å². The molecule has 0 saturated heterocycles. The lowest BCUT2D eigenvalue weighted by Gasteiger charge is -2.10. The maximum atomic E-state index is 11.6. The van der Waals surface area contributed by atoms with E-state index in [-0.39, 0.29) is 5.75 Å². The van der Waals surface area contributed by atoms with Crippen LogP contribution < -0.4 is 5.73 Å². The number of hydrogen-bond donors (Lipinski definition) is 2. The molecule has 1 aromatic heterocycles. The summed E-state index contributed by atoms with van der Waals surface area (Å²) in [5.41, 5.74) is 7.93. The molecule has 1 heterocycles. The second kappa shape index (κ2) is 4.66. The molecular formula is C16H12N2O2. The van der Waals surface area contributed by atoms with Crippen molar-refractivity contribution in [2.75, 3.05) is 0 Å². The highest BCUT2D eigenvalue weighted by Gasteiger charge is 2.13. The molecule has 0 unspecified atom stereocenters. The maximum Gasteiger partial charge on any atom is 0.249 e. The van der Waals surface area contributed by atoms with Crippen LogP contribution in [0.15, 0.2) is 54.7 Å². The normalized spacial score (nSPS) is 10.6. The van der Waals surface area contributed by atoms with Crippen molar-refractivity contribution in [3.8, 4) is 16.9 Å². The third-order valence-electron chi connectivity index (χ3n) is 3.23. The van der Waals surface area contributed by atoms with Crippen LogP contribution in [0.2, 0.25) is 0 Å². The van der Waals surface area contributed by atoms with Gasteiger partial charge in [0.1, 0.15) is 11.3 Å². The van der Waals surface area contributed by atoms with E-state index in [9.17, 15) is 9.90 Å². The lowest BCUT2D eigenvalue weighted by atomic mass is 9.95. The van der Waals surface area contributed by atoms with E-state index in [1.165, 1.54) is 0 Å². The Kier molecular flexibility index (Phi) is 2.84. The molecule has 4 heteroatoms. The van der Waals surface area contributed by atoms with Crippen molar-refractivity contribution in [2.45, 2.75) is 0 Å². The van der Waals surface area contributed by atoms with E-state index in [0.29, 0.717) is 11.1 Å². The molecule has 4 nitrogen and oxygen atoms in total. The van der Waals surface area contributed by atoms with Crippen LogP contribution in [-0.2, 0) is 0 Å². The molecule has 3 N–H and O–H groups in total. The molecule has 98 valence electrons. The smallest absolute Gasteiger partial charge is 0.249 e. The Labute approximate surface area is 115 Å². The number of nitrogens with two attached hydrogens (primary N) is 1. The van der Waals surface area contributed by atoms with Gasteiger partial charge in [-0.25, -0.2) is 0 Å². The van der Waals surface area contributed by atoms with Gasteiger partial charge < -0.3 is 10.8 Å². The number of fused-ring (bicyclic) bond motifs is 1. The quantitative estimate of drug-likeness (QED) is 0.747. The van der Waals surface area contributed by atoms with Gasteiger partial charge in [0.05, 0.1) is 0 Å². The monoisotopic (exact) mass is 264 g/mol. The minimum atomic E-state index is -0.481. The second-order valence-electron chi connectivity index (χ2n) is 4.44. The van der Waals surface area contributed by atoms with E-state index in [1.54, 1.807) is 36.5 Å². The predicted octanol–water partition coefficient (Wildman–Crippen LogP) is 2.71. The molecule has 3 aromatic rings. The lowest BCUT2D eigenvalue weighted by Crippen LogP contribution is -2.12. The van der Waals surface area contributed by atoms with Gasteiger partial charge in [-0.2, -0.15) is 0 Å². The summed E-state index contributed by atoms with van der Waals surface area (Å²) in [6.45, 7) is 0. The summed E-state index contributed by atoms with van der Waals surface area (Å²) in [7, 11) is 0. The Morgan fingerprint density at radius 1 is 1.00 bits per heavy atom. The van der Waals surface area contributed by atoms with Gasteiger partial charge in [0.15, 0.2) is 0 Å². The number of phenols is 1. The number of carbonyl (C=O) groups excluding carboxylic acids is 1. The minimum absolute atomic E-state index is 0.112. The Bertz CT molecular complexity index is 812. The fourth-order valence-corrected chi connectivity index (χ4v) is 2.33. The van der Waals surface area contributed by atoms with E-state index < -0.39 is 5.91 Å². The highest BCUT2D eigenvalue weighted by atomic mass is 16.3. The van der Waals surface area contributed by atoms with Gasteiger partial charge >= 0.3 is 0 Å². The van der Waals surface area contributed by atoms with Crippen LogP contribution in [-0.4, -0.2) is 16.0 Å². The first-order valence-corrected chi connectivity index (χ1v) is 6.14. The molecule has 20 heavy (non-hydrogen) atoms. The number of rotatable bonds is 2. The summed E-state index contributed by atoms with van der Waals surface area (Å²) < 4.78 is 0. The van der Waals surface area contributed by atoms with Crippen molar-refractivity contribution in [3.63, 3.8) is 0 Å². The molecule has 0 aliphatic carbocycles. The largest absolute Gasteiger partial charge is 0.506 e. The number of nitrogens with zero attached hydrogens (tertiary/aromatic N) is 1. The molecule has 0 bridgehead atoms. The molecule has 1 amide bonds. The lowest BCUT2D eigenvalue weighted by molar-refractivity contribution is 0.100. The fraction of sp³-hybridized carbons (Fsp3) is 0. The topological polar surface area (TPSA) is 76.2 Å². The van der Waals surface area contributed by atoms with Gasteiger partial charge in [-0.15, -0.1) is 0 Å². The zero-order valence-electron chi connectivity index (χ0n) is 10.6. The number of pyridine rings is 1. The Morgan fingerprint density at radius 3 is 2.60 bits per heavy atom. The third kappa shape index (κ3) is 1.87. The van der Waals surface area contributed by atoms with Crippen molar-refractivity contribution in [2.24, 2.45) is 5.73 Å². The van der Waals surface area contributed by atoms with E-state index in [4.69, 9.17) is 5.73 Å². The Morgan fingerprint density at radius 2 is 1.80 bits per heavy atom. The van der Waals surface area contributed by atoms with Crippen LogP contribution in [0.4, 0.5) is 0 Å². The number of phenolic OH excluding ortho intramolecular Hbond substituents is 1. The van der Waals surface area contributed by atoms with E-state index >= 15 is 0 Å². The van der Waals surface area contributed by atoms with Crippen LogP contribution in [0.1, 0.15) is 10.4 Å². The summed E-state index contributed by atoms with van der Waals surface area (Å²) in [5, 5.41) is 10.6. The van der Waals surface area contributed by atoms with Gasteiger partial charge in [0.25, 0.3) is 0 Å². The zero-order chi connectivity index (χ0) is 14.1. The fourth-order valence-electron chi connectivity index (χ4n) is 2.33. The van der Waals surface area contributed by atoms with Gasteiger partial charge in [-0.1, -0.05) is 24.3 Å². The predicted molar refractivity (Wildman–Crippen MR) is 77.4 cm³/mol. The van der Waals surface area contributed by atoms with E-state index in [2.05, 4.69) is 4.98 Å². The van der Waals surface area contributed by atoms with Gasteiger partial charge in [-0.3, -0.25) is 9.78 Å². The van der Waals surface area contributed by atoms with Crippen molar-refractivity contribution >= 4 is 16.8 Å². The highest BCUT2D eigenvalue weighted by molar-refractivity contribution is 6.05. The summed E-state index contributed by atoms with van der Waals surface area (Å²) in [5.74, 6) is -0.369. The number of aromatic hydroxyl groups is 1. The van der Waals surface area contributed by atoms with Crippen molar-refractivity contribution in [3.05, 3.63) is 60.3 Å². The number of benzene rings is 2. The molecule has 0 atom stereocenters. The van der Waals surface area contributed by atoms with Gasteiger partial charge in [0, 0.05) is 17.1 Å². The van der Waals surface area contributed by atoms with Crippen LogP contribution in [0, 0.1) is 0 Å². The zero-order valence-corrected chi connectivity index (χ0v) is 10.6. The second-order valence-corrected chi connectivity index (χ2v) is 4.44. The maximum absolute atomic E-state index is 11.6. The van der Waals surface area contributed by atoms with Crippen LogP contribution in [0.5, 0.6) is 5.75 Å². The SMILES string of the molecule is NC(=O)c1ccccc1-c1ccc(O)c2ncccc12. The molecule has 3 rings (SSSR count).